The van der Waals surface area contributed by atoms with Crippen molar-refractivity contribution in [1.82, 2.24) is 10.4 Å². The minimum absolute atomic E-state index is 0.101. The Morgan fingerprint density at radius 2 is 1.52 bits per heavy atom. The lowest BCUT2D eigenvalue weighted by Crippen LogP contribution is -2.56. The van der Waals surface area contributed by atoms with Crippen molar-refractivity contribution in [1.29, 1.82) is 5.41 Å². The first-order valence-corrected chi connectivity index (χ1v) is 12.6. The van der Waals surface area contributed by atoms with E-state index >= 15 is 0 Å². The Labute approximate surface area is 193 Å². The van der Waals surface area contributed by atoms with Gasteiger partial charge in [-0.15, -0.1) is 0 Å². The fourth-order valence-electron chi connectivity index (χ4n) is 3.38. The molecule has 3 rings (SSSR count). The van der Waals surface area contributed by atoms with E-state index in [2.05, 4.69) is 5.43 Å². The Hall–Kier alpha value is -3.00. The molecule has 1 heterocycles. The first kappa shape index (κ1) is 24.6. The SMILES string of the molecule is N=C(N)C(NN1C(=O)CCCCCCC1=O)OP(=O)(Cc1ccccc1)Oc1ccccc1. The summed E-state index contributed by atoms with van der Waals surface area (Å²) in [6, 6.07) is 17.5. The van der Waals surface area contributed by atoms with Gasteiger partial charge < -0.3 is 10.3 Å². The highest BCUT2D eigenvalue weighted by atomic mass is 31.2. The lowest BCUT2D eigenvalue weighted by molar-refractivity contribution is -0.151. The molecule has 0 aromatic heterocycles. The van der Waals surface area contributed by atoms with Crippen molar-refractivity contribution in [2.24, 2.45) is 5.73 Å². The van der Waals surface area contributed by atoms with Crippen LogP contribution < -0.4 is 15.7 Å². The fourth-order valence-corrected chi connectivity index (χ4v) is 5.15. The number of amidine groups is 1. The first-order valence-electron chi connectivity index (χ1n) is 10.9. The van der Waals surface area contributed by atoms with Gasteiger partial charge in [-0.3, -0.25) is 19.5 Å². The zero-order valence-corrected chi connectivity index (χ0v) is 19.2. The van der Waals surface area contributed by atoms with Gasteiger partial charge in [-0.05, 0) is 30.5 Å². The monoisotopic (exact) mass is 472 g/mol. The van der Waals surface area contributed by atoms with Crippen LogP contribution in [0.4, 0.5) is 0 Å². The van der Waals surface area contributed by atoms with Crippen LogP contribution in [0.25, 0.3) is 0 Å². The molecule has 1 aliphatic rings. The number of rotatable bonds is 9. The van der Waals surface area contributed by atoms with E-state index < -0.39 is 31.5 Å². The number of para-hydroxylation sites is 1. The van der Waals surface area contributed by atoms with Crippen molar-refractivity contribution in [3.8, 4) is 5.75 Å². The average Bonchev–Trinajstić information content (AvgIpc) is 2.86. The third kappa shape index (κ3) is 7.53. The second-order valence-corrected chi connectivity index (χ2v) is 9.70. The van der Waals surface area contributed by atoms with Gasteiger partial charge in [0.15, 0.2) is 6.23 Å². The number of hydrogen-bond donors (Lipinski definition) is 3. The number of hydrogen-bond acceptors (Lipinski definition) is 7. The van der Waals surface area contributed by atoms with Crippen LogP contribution in [0.5, 0.6) is 5.75 Å². The molecule has 1 fully saturated rings. The highest BCUT2D eigenvalue weighted by molar-refractivity contribution is 7.53. The van der Waals surface area contributed by atoms with E-state index in [0.29, 0.717) is 24.2 Å². The maximum absolute atomic E-state index is 13.8. The van der Waals surface area contributed by atoms with E-state index in [-0.39, 0.29) is 19.0 Å². The van der Waals surface area contributed by atoms with Gasteiger partial charge in [0, 0.05) is 12.8 Å². The Morgan fingerprint density at radius 1 is 0.970 bits per heavy atom. The van der Waals surface area contributed by atoms with Crippen molar-refractivity contribution >= 4 is 25.2 Å². The number of nitrogens with zero attached hydrogens (tertiary/aromatic N) is 1. The molecule has 2 unspecified atom stereocenters. The largest absolute Gasteiger partial charge is 0.424 e. The molecule has 176 valence electrons. The minimum Gasteiger partial charge on any atom is -0.424 e. The number of imide groups is 1. The molecule has 0 spiro atoms. The summed E-state index contributed by atoms with van der Waals surface area (Å²) in [6.45, 7) is 0. The van der Waals surface area contributed by atoms with E-state index in [9.17, 15) is 14.2 Å². The highest BCUT2D eigenvalue weighted by Crippen LogP contribution is 2.52. The third-order valence-electron chi connectivity index (χ3n) is 5.03. The minimum atomic E-state index is -3.94. The van der Waals surface area contributed by atoms with Gasteiger partial charge in [0.1, 0.15) is 11.6 Å². The van der Waals surface area contributed by atoms with Crippen LogP contribution in [-0.2, 0) is 24.8 Å². The van der Waals surface area contributed by atoms with Gasteiger partial charge in [0.2, 0.25) is 11.8 Å². The van der Waals surface area contributed by atoms with Crippen LogP contribution in [-0.4, -0.2) is 28.9 Å². The molecule has 4 N–H and O–H groups in total. The number of amides is 2. The second kappa shape index (κ2) is 11.7. The van der Waals surface area contributed by atoms with Crippen molar-refractivity contribution in [2.75, 3.05) is 0 Å². The molecule has 0 saturated carbocycles. The Bertz CT molecular complexity index is 937. The van der Waals surface area contributed by atoms with Gasteiger partial charge in [-0.2, -0.15) is 5.43 Å². The van der Waals surface area contributed by atoms with E-state index in [4.69, 9.17) is 20.2 Å². The summed E-state index contributed by atoms with van der Waals surface area (Å²) in [7, 11) is -3.94. The number of nitrogens with one attached hydrogen (secondary N) is 2. The van der Waals surface area contributed by atoms with E-state index in [1.54, 1.807) is 54.6 Å². The molecule has 1 aliphatic heterocycles. The summed E-state index contributed by atoms with van der Waals surface area (Å²) in [4.78, 5) is 25.2. The van der Waals surface area contributed by atoms with Crippen LogP contribution in [0.2, 0.25) is 0 Å². The Morgan fingerprint density at radius 3 is 2.06 bits per heavy atom. The predicted octanol–water partition coefficient (Wildman–Crippen LogP) is 3.95. The van der Waals surface area contributed by atoms with Crippen molar-refractivity contribution in [3.63, 3.8) is 0 Å². The third-order valence-corrected chi connectivity index (χ3v) is 6.81. The number of carbonyl (C=O) groups excluding carboxylic acids is 2. The summed E-state index contributed by atoms with van der Waals surface area (Å²) in [5.74, 6) is -1.12. The van der Waals surface area contributed by atoms with Crippen LogP contribution in [0.1, 0.15) is 44.1 Å². The molecular formula is C23H29N4O5P. The summed E-state index contributed by atoms with van der Waals surface area (Å²) < 4.78 is 25.3. The molecule has 0 radical (unpaired) electrons. The average molecular weight is 472 g/mol. The zero-order chi connectivity index (χ0) is 23.7. The molecule has 1 saturated heterocycles. The quantitative estimate of drug-likeness (QED) is 0.165. The van der Waals surface area contributed by atoms with E-state index in [1.165, 1.54) is 0 Å². The number of benzene rings is 2. The Balaban J connectivity index is 1.85. The normalized spacial score (nSPS) is 17.9. The standard InChI is InChI=1S/C23H29N4O5P/c24-22(25)23(26-27-20(28)15-9-1-2-10-16-21(27)29)32-33(30,17-18-11-5-3-6-12-18)31-19-13-7-4-8-14-19/h3-8,11-14,23,26H,1-2,9-10,15-17H2,(H3,24,25). The summed E-state index contributed by atoms with van der Waals surface area (Å²) in [5, 5.41) is 8.79. The predicted molar refractivity (Wildman–Crippen MR) is 124 cm³/mol. The van der Waals surface area contributed by atoms with Gasteiger partial charge in [-0.1, -0.05) is 61.4 Å². The summed E-state index contributed by atoms with van der Waals surface area (Å²) >= 11 is 0. The summed E-state index contributed by atoms with van der Waals surface area (Å²) in [5.41, 5.74) is 8.99. The molecule has 2 aromatic carbocycles. The summed E-state index contributed by atoms with van der Waals surface area (Å²) in [6.07, 6.45) is 1.76. The molecule has 2 aromatic rings. The number of nitrogens with two attached hydrogens (primary N) is 1. The molecule has 0 bridgehead atoms. The van der Waals surface area contributed by atoms with Crippen molar-refractivity contribution in [3.05, 3.63) is 66.2 Å². The number of carbonyl (C=O) groups is 2. The zero-order valence-electron chi connectivity index (χ0n) is 18.3. The molecule has 9 nitrogen and oxygen atoms in total. The fraction of sp³-hybridized carbons (Fsp3) is 0.348. The van der Waals surface area contributed by atoms with Gasteiger partial charge >= 0.3 is 7.60 Å². The van der Waals surface area contributed by atoms with E-state index in [1.807, 2.05) is 6.07 Å². The Kier molecular flexibility index (Phi) is 8.77. The second-order valence-electron chi connectivity index (χ2n) is 7.77. The molecule has 2 amide bonds. The molecule has 33 heavy (non-hydrogen) atoms. The molecule has 10 heteroatoms. The van der Waals surface area contributed by atoms with Crippen LogP contribution in [0.3, 0.4) is 0 Å². The van der Waals surface area contributed by atoms with Gasteiger partial charge in [-0.25, -0.2) is 9.57 Å². The number of hydrazine groups is 1. The lowest BCUT2D eigenvalue weighted by atomic mass is 10.1. The van der Waals surface area contributed by atoms with Gasteiger partial charge in [0.25, 0.3) is 0 Å². The maximum Gasteiger partial charge on any atom is 0.385 e. The van der Waals surface area contributed by atoms with E-state index in [0.717, 1.165) is 17.9 Å². The molecule has 2 atom stereocenters. The lowest BCUT2D eigenvalue weighted by Gasteiger charge is -2.29. The van der Waals surface area contributed by atoms with Crippen LogP contribution in [0, 0.1) is 5.41 Å². The van der Waals surface area contributed by atoms with Gasteiger partial charge in [0.05, 0.1) is 6.16 Å². The molecular weight excluding hydrogens is 443 g/mol. The smallest absolute Gasteiger partial charge is 0.385 e. The van der Waals surface area contributed by atoms with Crippen LogP contribution in [0.15, 0.2) is 60.7 Å². The first-order chi connectivity index (χ1) is 15.9. The maximum atomic E-state index is 13.8. The molecule has 0 aliphatic carbocycles. The highest BCUT2D eigenvalue weighted by Gasteiger charge is 2.35. The van der Waals surface area contributed by atoms with Crippen LogP contribution >= 0.6 is 7.60 Å². The topological polar surface area (TPSA) is 135 Å². The van der Waals surface area contributed by atoms with Crippen molar-refractivity contribution in [2.45, 2.75) is 50.9 Å². The van der Waals surface area contributed by atoms with Crippen molar-refractivity contribution < 1.29 is 23.2 Å².